The molecule has 2 aliphatic rings. The van der Waals surface area contributed by atoms with Crippen LogP contribution in [0.2, 0.25) is 0 Å². The molecular formula is C20H29N5O4S2. The highest BCUT2D eigenvalue weighted by atomic mass is 32.2. The Morgan fingerprint density at radius 2 is 1.90 bits per heavy atom. The quantitative estimate of drug-likeness (QED) is 0.668. The van der Waals surface area contributed by atoms with Gasteiger partial charge >= 0.3 is 0 Å². The summed E-state index contributed by atoms with van der Waals surface area (Å²) in [7, 11) is -1.87. The second kappa shape index (κ2) is 8.61. The van der Waals surface area contributed by atoms with Gasteiger partial charge in [0.05, 0.1) is 11.7 Å². The van der Waals surface area contributed by atoms with Crippen molar-refractivity contribution >= 4 is 37.5 Å². The Balaban J connectivity index is 1.71. The Kier molecular flexibility index (Phi) is 6.21. The molecular weight excluding hydrogens is 438 g/mol. The van der Waals surface area contributed by atoms with Gasteiger partial charge in [-0.1, -0.05) is 0 Å². The van der Waals surface area contributed by atoms with Crippen LogP contribution in [0.3, 0.4) is 0 Å². The van der Waals surface area contributed by atoms with Crippen molar-refractivity contribution in [3.05, 3.63) is 21.6 Å². The maximum atomic E-state index is 13.4. The van der Waals surface area contributed by atoms with Gasteiger partial charge in [0.2, 0.25) is 15.9 Å². The first kappa shape index (κ1) is 22.4. The fourth-order valence-corrected chi connectivity index (χ4v) is 7.49. The molecule has 2 fully saturated rings. The minimum absolute atomic E-state index is 0.0442. The van der Waals surface area contributed by atoms with Crippen molar-refractivity contribution in [2.75, 3.05) is 39.8 Å². The van der Waals surface area contributed by atoms with E-state index < -0.39 is 15.6 Å². The van der Waals surface area contributed by atoms with Crippen molar-refractivity contribution in [3.8, 4) is 0 Å². The zero-order chi connectivity index (χ0) is 22.3. The molecule has 1 atom stereocenters. The van der Waals surface area contributed by atoms with Gasteiger partial charge in [-0.05, 0) is 40.2 Å². The van der Waals surface area contributed by atoms with Crippen molar-refractivity contribution in [2.45, 2.75) is 50.6 Å². The van der Waals surface area contributed by atoms with E-state index in [0.29, 0.717) is 42.4 Å². The topological polar surface area (TPSA) is 95.8 Å². The van der Waals surface area contributed by atoms with Crippen LogP contribution in [0.4, 0.5) is 0 Å². The van der Waals surface area contributed by atoms with Crippen LogP contribution in [-0.4, -0.2) is 83.8 Å². The molecule has 0 aliphatic carbocycles. The minimum atomic E-state index is -3.83. The van der Waals surface area contributed by atoms with Crippen molar-refractivity contribution in [2.24, 2.45) is 0 Å². The summed E-state index contributed by atoms with van der Waals surface area (Å²) >= 11 is 1.20. The molecule has 0 N–H and O–H groups in total. The molecule has 1 amide bonds. The number of aryl methyl sites for hydroxylation is 1. The van der Waals surface area contributed by atoms with Crippen molar-refractivity contribution < 1.29 is 13.2 Å². The van der Waals surface area contributed by atoms with Gasteiger partial charge in [0.1, 0.15) is 16.3 Å². The van der Waals surface area contributed by atoms with Gasteiger partial charge in [0, 0.05) is 43.6 Å². The molecule has 4 rings (SSSR count). The van der Waals surface area contributed by atoms with E-state index in [1.165, 1.54) is 26.5 Å². The number of piperazine rings is 1. The molecule has 4 heterocycles. The summed E-state index contributed by atoms with van der Waals surface area (Å²) in [4.78, 5) is 35.4. The zero-order valence-electron chi connectivity index (χ0n) is 18.2. The van der Waals surface area contributed by atoms with Crippen molar-refractivity contribution in [1.29, 1.82) is 0 Å². The lowest BCUT2D eigenvalue weighted by Crippen LogP contribution is -2.47. The van der Waals surface area contributed by atoms with Crippen LogP contribution in [0.1, 0.15) is 31.1 Å². The highest BCUT2D eigenvalue weighted by Crippen LogP contribution is 2.33. The highest BCUT2D eigenvalue weighted by Gasteiger charge is 2.33. The van der Waals surface area contributed by atoms with E-state index in [9.17, 15) is 18.0 Å². The highest BCUT2D eigenvalue weighted by molar-refractivity contribution is 7.89. The maximum absolute atomic E-state index is 13.4. The molecule has 2 saturated heterocycles. The first-order valence-corrected chi connectivity index (χ1v) is 12.9. The van der Waals surface area contributed by atoms with E-state index in [2.05, 4.69) is 9.88 Å². The lowest BCUT2D eigenvalue weighted by atomic mass is 10.0. The van der Waals surface area contributed by atoms with Gasteiger partial charge < -0.3 is 9.80 Å². The minimum Gasteiger partial charge on any atom is -0.338 e. The van der Waals surface area contributed by atoms with Crippen LogP contribution >= 0.6 is 11.3 Å². The summed E-state index contributed by atoms with van der Waals surface area (Å²) in [6.45, 7) is 6.34. The van der Waals surface area contributed by atoms with Gasteiger partial charge in [-0.3, -0.25) is 14.2 Å². The van der Waals surface area contributed by atoms with Crippen LogP contribution < -0.4 is 5.56 Å². The fraction of sp³-hybridized carbons (Fsp3) is 0.650. The second-order valence-corrected chi connectivity index (χ2v) is 11.6. The predicted octanol–water partition coefficient (Wildman–Crippen LogP) is 1.10. The van der Waals surface area contributed by atoms with Crippen LogP contribution in [-0.2, 0) is 21.4 Å². The molecule has 0 spiro atoms. The number of likely N-dealkylation sites (tertiary alicyclic amines) is 1. The number of hydrogen-bond donors (Lipinski definition) is 0. The maximum Gasteiger partial charge on any atom is 0.263 e. The first-order valence-electron chi connectivity index (χ1n) is 10.7. The number of carbonyl (C=O) groups excluding carboxylic acids is 1. The van der Waals surface area contributed by atoms with Crippen molar-refractivity contribution in [1.82, 2.24) is 23.7 Å². The Hall–Kier alpha value is -1.82. The number of amides is 1. The fourth-order valence-electron chi connectivity index (χ4n) is 4.40. The lowest BCUT2D eigenvalue weighted by Gasteiger charge is -2.33. The number of piperidine rings is 1. The van der Waals surface area contributed by atoms with E-state index in [1.807, 2.05) is 14.0 Å². The molecule has 2 aliphatic heterocycles. The summed E-state index contributed by atoms with van der Waals surface area (Å²) in [6, 6.07) is 0.144. The third-order valence-corrected chi connectivity index (χ3v) is 9.50. The number of aromatic nitrogens is 2. The molecule has 170 valence electrons. The Bertz CT molecular complexity index is 1150. The van der Waals surface area contributed by atoms with Crippen LogP contribution in [0.5, 0.6) is 0 Å². The largest absolute Gasteiger partial charge is 0.338 e. The third kappa shape index (κ3) is 4.15. The van der Waals surface area contributed by atoms with Gasteiger partial charge in [-0.25, -0.2) is 13.4 Å². The predicted molar refractivity (Wildman–Crippen MR) is 120 cm³/mol. The first-order chi connectivity index (χ1) is 14.7. The average Bonchev–Trinajstić information content (AvgIpc) is 3.08. The number of carbonyl (C=O) groups is 1. The third-order valence-electron chi connectivity index (χ3n) is 6.29. The zero-order valence-corrected chi connectivity index (χ0v) is 19.8. The van der Waals surface area contributed by atoms with Gasteiger partial charge in [0.15, 0.2) is 0 Å². The normalized spacial score (nSPS) is 21.6. The number of nitrogens with zero attached hydrogens (tertiary/aromatic N) is 5. The molecule has 9 nitrogen and oxygen atoms in total. The number of hydrogen-bond acceptors (Lipinski definition) is 7. The SMILES string of the molecule is Cc1sc2ncn(CC(=O)N3CCCCC3C)c(=O)c2c1S(=O)(=O)N1CCN(C)CC1. The molecule has 0 radical (unpaired) electrons. The summed E-state index contributed by atoms with van der Waals surface area (Å²) < 4.78 is 29.6. The molecule has 0 bridgehead atoms. The lowest BCUT2D eigenvalue weighted by molar-refractivity contribution is -0.135. The molecule has 31 heavy (non-hydrogen) atoms. The van der Waals surface area contributed by atoms with E-state index in [1.54, 1.807) is 11.8 Å². The Morgan fingerprint density at radius 1 is 1.19 bits per heavy atom. The molecule has 0 aromatic carbocycles. The Labute approximate surface area is 186 Å². The van der Waals surface area contributed by atoms with E-state index in [0.717, 1.165) is 19.3 Å². The number of fused-ring (bicyclic) bond motifs is 1. The smallest absolute Gasteiger partial charge is 0.263 e. The number of sulfonamides is 1. The molecule has 11 heteroatoms. The van der Waals surface area contributed by atoms with E-state index >= 15 is 0 Å². The average molecular weight is 468 g/mol. The molecule has 1 unspecified atom stereocenters. The van der Waals surface area contributed by atoms with Gasteiger partial charge in [-0.15, -0.1) is 11.3 Å². The van der Waals surface area contributed by atoms with Gasteiger partial charge in [0.25, 0.3) is 5.56 Å². The second-order valence-electron chi connectivity index (χ2n) is 8.48. The van der Waals surface area contributed by atoms with E-state index in [4.69, 9.17) is 0 Å². The Morgan fingerprint density at radius 3 is 2.58 bits per heavy atom. The van der Waals surface area contributed by atoms with Gasteiger partial charge in [-0.2, -0.15) is 4.31 Å². The van der Waals surface area contributed by atoms with Crippen LogP contribution in [0.15, 0.2) is 16.0 Å². The van der Waals surface area contributed by atoms with Crippen LogP contribution in [0, 0.1) is 6.92 Å². The molecule has 0 saturated carbocycles. The summed E-state index contributed by atoms with van der Waals surface area (Å²) in [5.74, 6) is -0.133. The van der Waals surface area contributed by atoms with Crippen molar-refractivity contribution in [3.63, 3.8) is 0 Å². The monoisotopic (exact) mass is 467 g/mol. The number of rotatable bonds is 4. The summed E-state index contributed by atoms with van der Waals surface area (Å²) in [5.41, 5.74) is -0.472. The summed E-state index contributed by atoms with van der Waals surface area (Å²) in [6.07, 6.45) is 4.37. The number of thiophene rings is 1. The number of likely N-dealkylation sites (N-methyl/N-ethyl adjacent to an activating group) is 1. The van der Waals surface area contributed by atoms with Crippen LogP contribution in [0.25, 0.3) is 10.2 Å². The molecule has 2 aromatic heterocycles. The van der Waals surface area contributed by atoms with E-state index in [-0.39, 0.29) is 28.8 Å². The molecule has 2 aromatic rings. The summed E-state index contributed by atoms with van der Waals surface area (Å²) in [5, 5.41) is 0.100. The standard InChI is InChI=1S/C20H29N5O4S2/c1-14-6-4-5-7-25(14)16(26)12-23-13-21-19-17(20(23)27)18(15(2)30-19)31(28,29)24-10-8-22(3)9-11-24/h13-14H,4-12H2,1-3H3.